The number of methoxy groups -OCH3 is 1. The van der Waals surface area contributed by atoms with Crippen molar-refractivity contribution in [2.75, 3.05) is 13.7 Å². The summed E-state index contributed by atoms with van der Waals surface area (Å²) in [7, 11) is 1.56. The zero-order chi connectivity index (χ0) is 24.3. The van der Waals surface area contributed by atoms with Crippen molar-refractivity contribution >= 4 is 0 Å². The van der Waals surface area contributed by atoms with Crippen molar-refractivity contribution < 1.29 is 23.7 Å². The molecule has 0 aromatic heterocycles. The standard InChI is InChI=1S/C29H31NO5/c1-31-29-28(34-20-24-15-9-4-10-16-24)25(17-30)27(33-19-23-13-7-3-8-14-23)26(35-29)21-32-18-22-11-5-2-6-12-22/h2-16,25-29H,18-21H2,1H3/t25-,26+,27+,28+,29-/m0/s1. The number of ether oxygens (including phenoxy) is 5. The third-order valence-electron chi connectivity index (χ3n) is 6.00. The van der Waals surface area contributed by atoms with Crippen molar-refractivity contribution in [2.24, 2.45) is 5.92 Å². The Morgan fingerprint density at radius 3 is 1.69 bits per heavy atom. The molecule has 1 saturated heterocycles. The molecule has 1 aliphatic heterocycles. The normalized spacial score (nSPS) is 24.1. The fourth-order valence-corrected chi connectivity index (χ4v) is 4.18. The van der Waals surface area contributed by atoms with E-state index in [0.29, 0.717) is 19.8 Å². The molecular formula is C29H31NO5. The fourth-order valence-electron chi connectivity index (χ4n) is 4.18. The van der Waals surface area contributed by atoms with Crippen molar-refractivity contribution in [1.29, 1.82) is 5.26 Å². The molecule has 1 heterocycles. The van der Waals surface area contributed by atoms with E-state index in [9.17, 15) is 5.26 Å². The van der Waals surface area contributed by atoms with E-state index in [1.165, 1.54) is 0 Å². The van der Waals surface area contributed by atoms with Crippen LogP contribution in [0.3, 0.4) is 0 Å². The lowest BCUT2D eigenvalue weighted by Crippen LogP contribution is -2.57. The molecule has 0 unspecified atom stereocenters. The second-order valence-corrected chi connectivity index (χ2v) is 8.46. The molecule has 0 N–H and O–H groups in total. The Balaban J connectivity index is 1.48. The summed E-state index contributed by atoms with van der Waals surface area (Å²) in [5, 5.41) is 10.2. The van der Waals surface area contributed by atoms with Crippen LogP contribution in [0, 0.1) is 17.2 Å². The number of benzene rings is 3. The predicted molar refractivity (Wildman–Crippen MR) is 131 cm³/mol. The summed E-state index contributed by atoms with van der Waals surface area (Å²) >= 11 is 0. The molecule has 3 aromatic rings. The lowest BCUT2D eigenvalue weighted by Gasteiger charge is -2.43. The van der Waals surface area contributed by atoms with Gasteiger partial charge in [0.1, 0.15) is 24.2 Å². The van der Waals surface area contributed by atoms with Gasteiger partial charge in [-0.3, -0.25) is 0 Å². The molecule has 35 heavy (non-hydrogen) atoms. The Labute approximate surface area is 207 Å². The van der Waals surface area contributed by atoms with Gasteiger partial charge in [-0.2, -0.15) is 5.26 Å². The van der Waals surface area contributed by atoms with Crippen LogP contribution in [0.5, 0.6) is 0 Å². The van der Waals surface area contributed by atoms with Gasteiger partial charge in [-0.1, -0.05) is 91.0 Å². The Morgan fingerprint density at radius 1 is 0.714 bits per heavy atom. The minimum atomic E-state index is -0.717. The fraction of sp³-hybridized carbons (Fsp3) is 0.345. The van der Waals surface area contributed by atoms with Crippen LogP contribution >= 0.6 is 0 Å². The van der Waals surface area contributed by atoms with Gasteiger partial charge in [0.25, 0.3) is 0 Å². The van der Waals surface area contributed by atoms with Gasteiger partial charge in [0, 0.05) is 7.11 Å². The van der Waals surface area contributed by atoms with Gasteiger partial charge in [0.15, 0.2) is 6.29 Å². The van der Waals surface area contributed by atoms with E-state index < -0.39 is 30.5 Å². The molecule has 0 aliphatic carbocycles. The monoisotopic (exact) mass is 473 g/mol. The third kappa shape index (κ3) is 6.98. The van der Waals surface area contributed by atoms with E-state index in [1.807, 2.05) is 91.0 Å². The topological polar surface area (TPSA) is 69.9 Å². The van der Waals surface area contributed by atoms with Crippen molar-refractivity contribution in [1.82, 2.24) is 0 Å². The van der Waals surface area contributed by atoms with E-state index >= 15 is 0 Å². The number of nitrogens with zero attached hydrogens (tertiary/aromatic N) is 1. The Kier molecular flexibility index (Phi) is 9.41. The Morgan fingerprint density at radius 2 is 1.20 bits per heavy atom. The maximum atomic E-state index is 10.2. The molecule has 182 valence electrons. The Hall–Kier alpha value is -3.05. The summed E-state index contributed by atoms with van der Waals surface area (Å²) in [5.74, 6) is -0.605. The first-order valence-corrected chi connectivity index (χ1v) is 11.8. The van der Waals surface area contributed by atoms with Crippen molar-refractivity contribution in [3.8, 4) is 6.07 Å². The van der Waals surface area contributed by atoms with Gasteiger partial charge in [0.05, 0.1) is 32.5 Å². The molecule has 0 amide bonds. The summed E-state index contributed by atoms with van der Waals surface area (Å²) in [6.07, 6.45) is -2.38. The molecule has 0 saturated carbocycles. The Bertz CT molecular complexity index is 1040. The highest BCUT2D eigenvalue weighted by Gasteiger charge is 2.48. The highest BCUT2D eigenvalue weighted by Crippen LogP contribution is 2.32. The van der Waals surface area contributed by atoms with E-state index in [4.69, 9.17) is 23.7 Å². The van der Waals surface area contributed by atoms with Crippen molar-refractivity contribution in [3.63, 3.8) is 0 Å². The van der Waals surface area contributed by atoms with Gasteiger partial charge in [-0.05, 0) is 16.7 Å². The maximum absolute atomic E-state index is 10.2. The summed E-state index contributed by atoms with van der Waals surface area (Å²) in [6.45, 7) is 1.39. The van der Waals surface area contributed by atoms with E-state index in [-0.39, 0.29) is 6.61 Å². The van der Waals surface area contributed by atoms with Gasteiger partial charge in [-0.15, -0.1) is 0 Å². The van der Waals surface area contributed by atoms with Crippen LogP contribution in [-0.4, -0.2) is 38.3 Å². The third-order valence-corrected chi connectivity index (χ3v) is 6.00. The lowest BCUT2D eigenvalue weighted by molar-refractivity contribution is -0.296. The quantitative estimate of drug-likeness (QED) is 0.395. The number of hydrogen-bond donors (Lipinski definition) is 0. The van der Waals surface area contributed by atoms with Crippen molar-refractivity contribution in [3.05, 3.63) is 108 Å². The van der Waals surface area contributed by atoms with Gasteiger partial charge >= 0.3 is 0 Å². The van der Waals surface area contributed by atoms with Gasteiger partial charge in [-0.25, -0.2) is 0 Å². The molecule has 0 bridgehead atoms. The second kappa shape index (κ2) is 13.1. The van der Waals surface area contributed by atoms with Crippen LogP contribution < -0.4 is 0 Å². The molecule has 4 rings (SSSR count). The first kappa shape index (κ1) is 25.1. The number of hydrogen-bond acceptors (Lipinski definition) is 6. The molecular weight excluding hydrogens is 442 g/mol. The number of rotatable bonds is 11. The first-order chi connectivity index (χ1) is 17.3. The maximum Gasteiger partial charge on any atom is 0.185 e. The first-order valence-electron chi connectivity index (χ1n) is 11.8. The van der Waals surface area contributed by atoms with E-state index in [0.717, 1.165) is 16.7 Å². The molecule has 0 spiro atoms. The zero-order valence-electron chi connectivity index (χ0n) is 19.9. The average Bonchev–Trinajstić information content (AvgIpc) is 2.92. The minimum absolute atomic E-state index is 0.262. The number of nitriles is 1. The van der Waals surface area contributed by atoms with Crippen LogP contribution in [0.2, 0.25) is 0 Å². The lowest BCUT2D eigenvalue weighted by atomic mass is 9.89. The molecule has 1 fully saturated rings. The molecule has 5 atom stereocenters. The van der Waals surface area contributed by atoms with Crippen LogP contribution in [-0.2, 0) is 43.5 Å². The van der Waals surface area contributed by atoms with Gasteiger partial charge in [0.2, 0.25) is 0 Å². The summed E-state index contributed by atoms with van der Waals surface area (Å²) in [5.41, 5.74) is 3.09. The highest BCUT2D eigenvalue weighted by atomic mass is 16.7. The summed E-state index contributed by atoms with van der Waals surface area (Å²) in [4.78, 5) is 0. The van der Waals surface area contributed by atoms with Crippen LogP contribution in [0.15, 0.2) is 91.0 Å². The molecule has 6 heteroatoms. The largest absolute Gasteiger partial charge is 0.374 e. The zero-order valence-corrected chi connectivity index (χ0v) is 19.9. The minimum Gasteiger partial charge on any atom is -0.374 e. The second-order valence-electron chi connectivity index (χ2n) is 8.46. The van der Waals surface area contributed by atoms with E-state index in [1.54, 1.807) is 7.11 Å². The van der Waals surface area contributed by atoms with Crippen LogP contribution in [0.1, 0.15) is 16.7 Å². The average molecular weight is 474 g/mol. The molecule has 1 aliphatic rings. The molecule has 3 aromatic carbocycles. The highest BCUT2D eigenvalue weighted by molar-refractivity contribution is 5.15. The van der Waals surface area contributed by atoms with Gasteiger partial charge < -0.3 is 23.7 Å². The predicted octanol–water partition coefficient (Wildman–Crippen LogP) is 4.89. The summed E-state index contributed by atoms with van der Waals surface area (Å²) < 4.78 is 30.3. The van der Waals surface area contributed by atoms with E-state index in [2.05, 4.69) is 6.07 Å². The van der Waals surface area contributed by atoms with Crippen LogP contribution in [0.25, 0.3) is 0 Å². The SMILES string of the molecule is CO[C@H]1O[C@H](COCc2ccccc2)[C@H](OCc2ccccc2)[C@H](C#N)[C@H]1OCc1ccccc1. The summed E-state index contributed by atoms with van der Waals surface area (Å²) in [6, 6.07) is 32.1. The van der Waals surface area contributed by atoms with Crippen molar-refractivity contribution in [2.45, 2.75) is 44.4 Å². The molecule has 6 nitrogen and oxygen atoms in total. The smallest absolute Gasteiger partial charge is 0.185 e. The van der Waals surface area contributed by atoms with Crippen LogP contribution in [0.4, 0.5) is 0 Å². The molecule has 0 radical (unpaired) electrons.